The van der Waals surface area contributed by atoms with Crippen LogP contribution in [0.1, 0.15) is 5.56 Å². The van der Waals surface area contributed by atoms with Gasteiger partial charge in [0.2, 0.25) is 0 Å². The van der Waals surface area contributed by atoms with E-state index in [2.05, 4.69) is 10.3 Å². The molecule has 1 aromatic heterocycles. The summed E-state index contributed by atoms with van der Waals surface area (Å²) in [6, 6.07) is 12.4. The van der Waals surface area contributed by atoms with E-state index < -0.39 is 0 Å². The zero-order valence-corrected chi connectivity index (χ0v) is 11.0. The summed E-state index contributed by atoms with van der Waals surface area (Å²) >= 11 is 0. The van der Waals surface area contributed by atoms with Gasteiger partial charge in [0.25, 0.3) is 0 Å². The fourth-order valence-corrected chi connectivity index (χ4v) is 2.15. The lowest BCUT2D eigenvalue weighted by atomic mass is 10.1. The van der Waals surface area contributed by atoms with Crippen LogP contribution in [0.25, 0.3) is 10.9 Å². The van der Waals surface area contributed by atoms with Crippen molar-refractivity contribution < 1.29 is 4.39 Å². The van der Waals surface area contributed by atoms with Crippen LogP contribution in [-0.2, 0) is 0 Å². The largest absolute Gasteiger partial charge is 0.399 e. The third kappa shape index (κ3) is 2.28. The molecule has 20 heavy (non-hydrogen) atoms. The average Bonchev–Trinajstić information content (AvgIpc) is 2.43. The molecule has 0 aliphatic heterocycles. The first-order valence-corrected chi connectivity index (χ1v) is 6.31. The van der Waals surface area contributed by atoms with Gasteiger partial charge in [-0.25, -0.2) is 4.39 Å². The SMILES string of the molecule is Cc1cc(Nc2ccnc3cc(N)ccc23)ccc1F. The number of aryl methyl sites for hydroxylation is 1. The Labute approximate surface area is 116 Å². The Morgan fingerprint density at radius 2 is 1.95 bits per heavy atom. The molecule has 3 N–H and O–H groups in total. The smallest absolute Gasteiger partial charge is 0.126 e. The third-order valence-electron chi connectivity index (χ3n) is 3.20. The molecule has 0 spiro atoms. The minimum atomic E-state index is -0.206. The molecule has 0 bridgehead atoms. The number of nitrogens with one attached hydrogen (secondary N) is 1. The van der Waals surface area contributed by atoms with Crippen molar-refractivity contribution in [3.8, 4) is 0 Å². The molecule has 0 saturated heterocycles. The maximum Gasteiger partial charge on any atom is 0.126 e. The van der Waals surface area contributed by atoms with E-state index >= 15 is 0 Å². The Hall–Kier alpha value is -2.62. The van der Waals surface area contributed by atoms with Crippen molar-refractivity contribution in [2.24, 2.45) is 0 Å². The number of halogens is 1. The van der Waals surface area contributed by atoms with Gasteiger partial charge in [-0.3, -0.25) is 4.98 Å². The summed E-state index contributed by atoms with van der Waals surface area (Å²) in [5.41, 5.74) is 9.64. The lowest BCUT2D eigenvalue weighted by Crippen LogP contribution is -1.95. The standard InChI is InChI=1S/C16H14FN3/c1-10-8-12(3-5-14(10)17)20-15-6-7-19-16-9-11(18)2-4-13(15)16/h2-9H,18H2,1H3,(H,19,20). The Balaban J connectivity index is 2.04. The van der Waals surface area contributed by atoms with Crippen LogP contribution in [0.3, 0.4) is 0 Å². The summed E-state index contributed by atoms with van der Waals surface area (Å²) in [5.74, 6) is -0.206. The highest BCUT2D eigenvalue weighted by Crippen LogP contribution is 2.27. The molecule has 4 heteroatoms. The second-order valence-corrected chi connectivity index (χ2v) is 4.72. The summed E-state index contributed by atoms with van der Waals surface area (Å²) in [7, 11) is 0. The van der Waals surface area contributed by atoms with Crippen LogP contribution in [-0.4, -0.2) is 4.98 Å². The first-order chi connectivity index (χ1) is 9.63. The molecule has 0 unspecified atom stereocenters. The number of pyridine rings is 1. The molecule has 3 nitrogen and oxygen atoms in total. The van der Waals surface area contributed by atoms with E-state index in [1.165, 1.54) is 6.07 Å². The van der Waals surface area contributed by atoms with Gasteiger partial charge in [-0.2, -0.15) is 0 Å². The van der Waals surface area contributed by atoms with Crippen LogP contribution in [0.2, 0.25) is 0 Å². The van der Waals surface area contributed by atoms with E-state index in [0.29, 0.717) is 11.3 Å². The monoisotopic (exact) mass is 267 g/mol. The van der Waals surface area contributed by atoms with Crippen molar-refractivity contribution >= 4 is 28.0 Å². The highest BCUT2D eigenvalue weighted by atomic mass is 19.1. The number of aromatic nitrogens is 1. The van der Waals surface area contributed by atoms with Gasteiger partial charge < -0.3 is 11.1 Å². The van der Waals surface area contributed by atoms with Gasteiger partial charge >= 0.3 is 0 Å². The van der Waals surface area contributed by atoms with Crippen molar-refractivity contribution in [3.05, 3.63) is 60.0 Å². The highest BCUT2D eigenvalue weighted by molar-refractivity contribution is 5.94. The van der Waals surface area contributed by atoms with Crippen LogP contribution >= 0.6 is 0 Å². The average molecular weight is 267 g/mol. The Bertz CT molecular complexity index is 784. The molecule has 3 aromatic rings. The molecular formula is C16H14FN3. The molecule has 0 aliphatic carbocycles. The molecule has 2 aromatic carbocycles. The Morgan fingerprint density at radius 3 is 2.75 bits per heavy atom. The normalized spacial score (nSPS) is 10.7. The van der Waals surface area contributed by atoms with E-state index in [4.69, 9.17) is 5.73 Å². The lowest BCUT2D eigenvalue weighted by Gasteiger charge is -2.10. The number of anilines is 3. The molecule has 0 saturated carbocycles. The summed E-state index contributed by atoms with van der Waals surface area (Å²) < 4.78 is 13.3. The van der Waals surface area contributed by atoms with Crippen LogP contribution < -0.4 is 11.1 Å². The van der Waals surface area contributed by atoms with E-state index in [9.17, 15) is 4.39 Å². The van der Waals surface area contributed by atoms with Gasteiger partial charge in [-0.15, -0.1) is 0 Å². The van der Waals surface area contributed by atoms with Crippen molar-refractivity contribution in [1.82, 2.24) is 4.98 Å². The number of benzene rings is 2. The van der Waals surface area contributed by atoms with Gasteiger partial charge in [-0.05, 0) is 55.0 Å². The van der Waals surface area contributed by atoms with E-state index in [0.717, 1.165) is 22.3 Å². The highest BCUT2D eigenvalue weighted by Gasteiger charge is 2.04. The van der Waals surface area contributed by atoms with E-state index in [1.807, 2.05) is 24.3 Å². The number of nitrogens with zero attached hydrogens (tertiary/aromatic N) is 1. The maximum atomic E-state index is 13.3. The summed E-state index contributed by atoms with van der Waals surface area (Å²) in [6.07, 6.45) is 1.72. The van der Waals surface area contributed by atoms with Crippen molar-refractivity contribution in [3.63, 3.8) is 0 Å². The third-order valence-corrected chi connectivity index (χ3v) is 3.20. The van der Waals surface area contributed by atoms with Gasteiger partial charge in [-0.1, -0.05) is 0 Å². The Morgan fingerprint density at radius 1 is 1.10 bits per heavy atom. The molecule has 1 heterocycles. The maximum absolute atomic E-state index is 13.3. The fraction of sp³-hybridized carbons (Fsp3) is 0.0625. The minimum absolute atomic E-state index is 0.206. The predicted molar refractivity (Wildman–Crippen MR) is 80.6 cm³/mol. The zero-order chi connectivity index (χ0) is 14.1. The summed E-state index contributed by atoms with van der Waals surface area (Å²) in [4.78, 5) is 4.30. The topological polar surface area (TPSA) is 50.9 Å². The van der Waals surface area contributed by atoms with Crippen molar-refractivity contribution in [2.45, 2.75) is 6.92 Å². The van der Waals surface area contributed by atoms with E-state index in [1.54, 1.807) is 25.3 Å². The molecule has 0 radical (unpaired) electrons. The number of rotatable bonds is 2. The summed E-state index contributed by atoms with van der Waals surface area (Å²) in [5, 5.41) is 4.26. The fourth-order valence-electron chi connectivity index (χ4n) is 2.15. The van der Waals surface area contributed by atoms with E-state index in [-0.39, 0.29) is 5.82 Å². The second kappa shape index (κ2) is 4.81. The number of nitrogens with two attached hydrogens (primary N) is 1. The number of nitrogen functional groups attached to an aromatic ring is 1. The molecular weight excluding hydrogens is 253 g/mol. The summed E-state index contributed by atoms with van der Waals surface area (Å²) in [6.45, 7) is 1.74. The predicted octanol–water partition coefficient (Wildman–Crippen LogP) is 4.01. The van der Waals surface area contributed by atoms with Crippen molar-refractivity contribution in [2.75, 3.05) is 11.1 Å². The molecule has 3 rings (SSSR count). The molecule has 0 fully saturated rings. The molecule has 0 atom stereocenters. The van der Waals surface area contributed by atoms with Gasteiger partial charge in [0, 0.05) is 28.6 Å². The van der Waals surface area contributed by atoms with Gasteiger partial charge in [0.05, 0.1) is 5.52 Å². The first-order valence-electron chi connectivity index (χ1n) is 6.31. The second-order valence-electron chi connectivity index (χ2n) is 4.72. The molecule has 100 valence electrons. The van der Waals surface area contributed by atoms with Gasteiger partial charge in [0.1, 0.15) is 5.82 Å². The minimum Gasteiger partial charge on any atom is -0.399 e. The van der Waals surface area contributed by atoms with Crippen LogP contribution in [0.4, 0.5) is 21.5 Å². The first kappa shape index (κ1) is 12.4. The number of fused-ring (bicyclic) bond motifs is 1. The molecule has 0 amide bonds. The quantitative estimate of drug-likeness (QED) is 0.690. The lowest BCUT2D eigenvalue weighted by molar-refractivity contribution is 0.619. The van der Waals surface area contributed by atoms with Crippen molar-refractivity contribution in [1.29, 1.82) is 0 Å². The van der Waals surface area contributed by atoms with Crippen LogP contribution in [0.5, 0.6) is 0 Å². The zero-order valence-electron chi connectivity index (χ0n) is 11.0. The number of hydrogen-bond donors (Lipinski definition) is 2. The number of hydrogen-bond acceptors (Lipinski definition) is 3. The van der Waals surface area contributed by atoms with Crippen LogP contribution in [0.15, 0.2) is 48.7 Å². The van der Waals surface area contributed by atoms with Gasteiger partial charge in [0.15, 0.2) is 0 Å². The Kier molecular flexibility index (Phi) is 2.99. The molecule has 0 aliphatic rings. The van der Waals surface area contributed by atoms with Crippen LogP contribution in [0, 0.1) is 12.7 Å².